The first-order valence-electron chi connectivity index (χ1n) is 8.37. The highest BCUT2D eigenvalue weighted by Gasteiger charge is 2.18. The predicted molar refractivity (Wildman–Crippen MR) is 95.5 cm³/mol. The largest absolute Gasteiger partial charge is 0.481 e. The highest BCUT2D eigenvalue weighted by molar-refractivity contribution is 5.66. The second-order valence-corrected chi connectivity index (χ2v) is 5.70. The summed E-state index contributed by atoms with van der Waals surface area (Å²) < 4.78 is 0. The molecule has 0 aromatic rings. The zero-order chi connectivity index (χ0) is 17.9. The van der Waals surface area contributed by atoms with Crippen LogP contribution in [0.25, 0.3) is 0 Å². The van der Waals surface area contributed by atoms with Gasteiger partial charge in [-0.1, -0.05) is 24.3 Å². The molecule has 0 bridgehead atoms. The monoisotopic (exact) mass is 335 g/mol. The summed E-state index contributed by atoms with van der Waals surface area (Å²) in [6.07, 6.45) is 10.6. The number of nitrogens with one attached hydrogen (secondary N) is 2. The van der Waals surface area contributed by atoms with Gasteiger partial charge in [0.2, 0.25) is 0 Å². The summed E-state index contributed by atoms with van der Waals surface area (Å²) >= 11 is 0. The third-order valence-electron chi connectivity index (χ3n) is 3.70. The number of unbranched alkanes of at least 4 members (excludes halogenated alkanes) is 1. The molecule has 1 aliphatic heterocycles. The summed E-state index contributed by atoms with van der Waals surface area (Å²) in [5.41, 5.74) is 9.40. The number of rotatable bonds is 9. The first-order valence-corrected chi connectivity index (χ1v) is 8.37. The van der Waals surface area contributed by atoms with Crippen LogP contribution in [0.5, 0.6) is 0 Å². The van der Waals surface area contributed by atoms with Crippen LogP contribution in [0.3, 0.4) is 0 Å². The summed E-state index contributed by atoms with van der Waals surface area (Å²) in [6, 6.07) is 0. The molecule has 1 heterocycles. The van der Waals surface area contributed by atoms with E-state index in [4.69, 9.17) is 10.8 Å². The van der Waals surface area contributed by atoms with E-state index in [-0.39, 0.29) is 6.42 Å². The number of hydrogen-bond donors (Lipinski definition) is 5. The zero-order valence-electron chi connectivity index (χ0n) is 14.5. The van der Waals surface area contributed by atoms with Gasteiger partial charge in [-0.15, -0.1) is 0 Å². The number of carbonyl (C=O) groups is 1. The first-order chi connectivity index (χ1) is 11.5. The van der Waals surface area contributed by atoms with E-state index in [0.29, 0.717) is 12.8 Å². The van der Waals surface area contributed by atoms with Gasteiger partial charge in [0.25, 0.3) is 0 Å². The van der Waals surface area contributed by atoms with Crippen LogP contribution in [-0.2, 0) is 4.79 Å². The van der Waals surface area contributed by atoms with Crippen molar-refractivity contribution in [2.24, 2.45) is 5.73 Å². The molecule has 6 heteroatoms. The van der Waals surface area contributed by atoms with Crippen molar-refractivity contribution in [1.82, 2.24) is 10.6 Å². The second-order valence-electron chi connectivity index (χ2n) is 5.70. The SMILES string of the molecule is C/C=C\CC1=C(CCCCC(=O)O)NC(=C/CC(N)O)/C(=C\C)N1. The molecule has 24 heavy (non-hydrogen) atoms. The van der Waals surface area contributed by atoms with E-state index in [1.807, 2.05) is 32.1 Å². The molecule has 6 nitrogen and oxygen atoms in total. The van der Waals surface area contributed by atoms with E-state index < -0.39 is 12.2 Å². The minimum absolute atomic E-state index is 0.188. The Morgan fingerprint density at radius 1 is 1.21 bits per heavy atom. The fourth-order valence-corrected chi connectivity index (χ4v) is 2.44. The number of aliphatic hydroxyl groups excluding tert-OH is 1. The van der Waals surface area contributed by atoms with Gasteiger partial charge >= 0.3 is 5.97 Å². The van der Waals surface area contributed by atoms with Crippen molar-refractivity contribution >= 4 is 5.97 Å². The molecule has 0 saturated carbocycles. The van der Waals surface area contributed by atoms with Gasteiger partial charge in [0.15, 0.2) is 0 Å². The van der Waals surface area contributed by atoms with Crippen LogP contribution in [0, 0.1) is 0 Å². The molecular formula is C18H29N3O3. The summed E-state index contributed by atoms with van der Waals surface area (Å²) in [4.78, 5) is 10.6. The Morgan fingerprint density at radius 2 is 1.92 bits per heavy atom. The molecule has 1 atom stereocenters. The Balaban J connectivity index is 2.89. The van der Waals surface area contributed by atoms with Gasteiger partial charge < -0.3 is 26.6 Å². The summed E-state index contributed by atoms with van der Waals surface area (Å²) in [7, 11) is 0. The molecule has 0 spiro atoms. The Kier molecular flexibility index (Phi) is 8.89. The summed E-state index contributed by atoms with van der Waals surface area (Å²) in [5, 5.41) is 24.9. The van der Waals surface area contributed by atoms with Gasteiger partial charge in [0.05, 0.1) is 11.4 Å². The number of carboxylic acids is 1. The Morgan fingerprint density at radius 3 is 2.50 bits per heavy atom. The quantitative estimate of drug-likeness (QED) is 0.252. The Bertz CT molecular complexity index is 546. The molecule has 0 aliphatic carbocycles. The average Bonchev–Trinajstić information content (AvgIpc) is 2.55. The molecule has 0 fully saturated rings. The Labute approximate surface area is 143 Å². The van der Waals surface area contributed by atoms with Crippen molar-refractivity contribution in [3.8, 4) is 0 Å². The summed E-state index contributed by atoms with van der Waals surface area (Å²) in [5.74, 6) is -0.762. The second kappa shape index (κ2) is 10.7. The molecule has 0 aromatic carbocycles. The van der Waals surface area contributed by atoms with Gasteiger partial charge in [0, 0.05) is 30.7 Å². The number of hydrogen-bond acceptors (Lipinski definition) is 5. The van der Waals surface area contributed by atoms with E-state index in [0.717, 1.165) is 42.1 Å². The van der Waals surface area contributed by atoms with Crippen LogP contribution in [-0.4, -0.2) is 22.4 Å². The molecule has 0 amide bonds. The van der Waals surface area contributed by atoms with E-state index in [9.17, 15) is 9.90 Å². The third-order valence-corrected chi connectivity index (χ3v) is 3.70. The molecular weight excluding hydrogens is 306 g/mol. The molecule has 1 unspecified atom stereocenters. The lowest BCUT2D eigenvalue weighted by molar-refractivity contribution is -0.137. The Hall–Kier alpha value is -2.05. The van der Waals surface area contributed by atoms with Crippen molar-refractivity contribution in [2.75, 3.05) is 0 Å². The van der Waals surface area contributed by atoms with Crippen molar-refractivity contribution in [3.63, 3.8) is 0 Å². The molecule has 0 saturated heterocycles. The molecule has 134 valence electrons. The zero-order valence-corrected chi connectivity index (χ0v) is 14.5. The van der Waals surface area contributed by atoms with Crippen LogP contribution in [0.1, 0.15) is 52.4 Å². The molecule has 0 radical (unpaired) electrons. The number of allylic oxidation sites excluding steroid dienone is 4. The van der Waals surface area contributed by atoms with E-state index in [1.165, 1.54) is 0 Å². The first kappa shape index (κ1) is 20.0. The van der Waals surface area contributed by atoms with Crippen LogP contribution >= 0.6 is 0 Å². The average molecular weight is 335 g/mol. The fourth-order valence-electron chi connectivity index (χ4n) is 2.44. The standard InChI is InChI=1S/C18H29N3O3/c1-3-5-8-14-15(9-6-7-10-18(23)24)21-16(11-12-17(19)22)13(4-2)20-14/h3-5,11,17,20-22H,6-10,12,19H2,1-2H3,(H,23,24)/b5-3-,13-4+,16-11+. The minimum Gasteiger partial charge on any atom is -0.481 e. The molecule has 0 aromatic heterocycles. The van der Waals surface area contributed by atoms with Crippen LogP contribution in [0.15, 0.2) is 47.1 Å². The van der Waals surface area contributed by atoms with Crippen molar-refractivity contribution in [3.05, 3.63) is 47.1 Å². The van der Waals surface area contributed by atoms with Crippen LogP contribution in [0.2, 0.25) is 0 Å². The molecule has 1 aliphatic rings. The van der Waals surface area contributed by atoms with Gasteiger partial charge in [-0.25, -0.2) is 0 Å². The number of carboxylic acid groups (broad SMARTS) is 1. The number of aliphatic hydroxyl groups is 1. The summed E-state index contributed by atoms with van der Waals surface area (Å²) in [6.45, 7) is 3.93. The van der Waals surface area contributed by atoms with E-state index >= 15 is 0 Å². The van der Waals surface area contributed by atoms with Gasteiger partial charge in [-0.05, 0) is 33.1 Å². The molecule has 6 N–H and O–H groups in total. The maximum atomic E-state index is 10.6. The smallest absolute Gasteiger partial charge is 0.303 e. The topological polar surface area (TPSA) is 108 Å². The van der Waals surface area contributed by atoms with Gasteiger partial charge in [-0.2, -0.15) is 0 Å². The normalized spacial score (nSPS) is 19.7. The maximum Gasteiger partial charge on any atom is 0.303 e. The van der Waals surface area contributed by atoms with Gasteiger partial charge in [-0.3, -0.25) is 4.79 Å². The van der Waals surface area contributed by atoms with Crippen molar-refractivity contribution in [2.45, 2.75) is 58.6 Å². The maximum absolute atomic E-state index is 10.6. The van der Waals surface area contributed by atoms with Crippen LogP contribution < -0.4 is 16.4 Å². The predicted octanol–water partition coefficient (Wildman–Crippen LogP) is 2.46. The van der Waals surface area contributed by atoms with E-state index in [1.54, 1.807) is 0 Å². The highest BCUT2D eigenvalue weighted by Crippen LogP contribution is 2.23. The highest BCUT2D eigenvalue weighted by atomic mass is 16.4. The lowest BCUT2D eigenvalue weighted by atomic mass is 10.0. The number of aliphatic carboxylic acids is 1. The molecule has 1 rings (SSSR count). The lowest BCUT2D eigenvalue weighted by Crippen LogP contribution is -2.32. The minimum atomic E-state index is -0.884. The lowest BCUT2D eigenvalue weighted by Gasteiger charge is -2.28. The number of nitrogens with two attached hydrogens (primary N) is 1. The van der Waals surface area contributed by atoms with Crippen LogP contribution in [0.4, 0.5) is 0 Å². The fraction of sp³-hybridized carbons (Fsp3) is 0.500. The van der Waals surface area contributed by atoms with Crippen molar-refractivity contribution in [1.29, 1.82) is 0 Å². The third kappa shape index (κ3) is 7.02. The van der Waals surface area contributed by atoms with Crippen molar-refractivity contribution < 1.29 is 15.0 Å². The van der Waals surface area contributed by atoms with E-state index in [2.05, 4.69) is 16.7 Å². The van der Waals surface area contributed by atoms with Gasteiger partial charge in [0.1, 0.15) is 6.23 Å².